The molecule has 5 nitrogen and oxygen atoms in total. The van der Waals surface area contributed by atoms with Crippen LogP contribution in [0.25, 0.3) is 0 Å². The van der Waals surface area contributed by atoms with Crippen molar-refractivity contribution in [3.63, 3.8) is 0 Å². The highest BCUT2D eigenvalue weighted by Crippen LogP contribution is 2.27. The number of carbonyl (C=O) groups excluding carboxylic acids is 1. The van der Waals surface area contributed by atoms with Gasteiger partial charge in [-0.3, -0.25) is 9.48 Å². The van der Waals surface area contributed by atoms with E-state index in [1.54, 1.807) is 18.0 Å². The second-order valence-corrected chi connectivity index (χ2v) is 6.82. The molecule has 0 saturated carbocycles. The zero-order valence-corrected chi connectivity index (χ0v) is 15.1. The first-order chi connectivity index (χ1) is 11.3. The van der Waals surface area contributed by atoms with Gasteiger partial charge in [-0.05, 0) is 44.1 Å². The molecule has 1 aromatic heterocycles. The van der Waals surface area contributed by atoms with Crippen LogP contribution in [0.2, 0.25) is 0 Å². The number of amides is 1. The molecule has 0 atom stereocenters. The van der Waals surface area contributed by atoms with Crippen molar-refractivity contribution in [2.75, 3.05) is 25.4 Å². The number of aromatic nitrogens is 2. The van der Waals surface area contributed by atoms with E-state index >= 15 is 0 Å². The van der Waals surface area contributed by atoms with E-state index in [4.69, 9.17) is 0 Å². The minimum atomic E-state index is -0.549. The van der Waals surface area contributed by atoms with Gasteiger partial charge >= 0.3 is 0 Å². The minimum absolute atomic E-state index is 0. The molecule has 0 spiro atoms. The van der Waals surface area contributed by atoms with Crippen molar-refractivity contribution in [3.05, 3.63) is 48.8 Å². The number of hydrogen-bond donors (Lipinski definition) is 2. The molecule has 0 aliphatic carbocycles. The Labute approximate surface area is 153 Å². The molecule has 130 valence electrons. The van der Waals surface area contributed by atoms with E-state index in [1.807, 2.05) is 35.1 Å². The zero-order chi connectivity index (χ0) is 16.0. The van der Waals surface area contributed by atoms with Crippen molar-refractivity contribution in [2.45, 2.75) is 23.3 Å². The van der Waals surface area contributed by atoms with E-state index in [0.29, 0.717) is 6.54 Å². The van der Waals surface area contributed by atoms with Crippen LogP contribution in [0.3, 0.4) is 0 Å². The second-order valence-electron chi connectivity index (χ2n) is 5.65. The van der Waals surface area contributed by atoms with Gasteiger partial charge in [0.1, 0.15) is 5.54 Å². The summed E-state index contributed by atoms with van der Waals surface area (Å²) in [5, 5.41) is 10.8. The number of nitrogens with one attached hydrogen (secondary N) is 2. The number of rotatable bonds is 6. The summed E-state index contributed by atoms with van der Waals surface area (Å²) in [7, 11) is 0. The standard InChI is InChI=1S/C17H22N4OS.ClH/c22-16(19-12-14-23-15-5-2-1-3-6-15)17(7-10-18-11-8-17)21-13-4-9-20-21;/h1-6,9,13,18H,7-8,10-12,14H2,(H,19,22);1H. The third-order valence-corrected chi connectivity index (χ3v) is 5.21. The van der Waals surface area contributed by atoms with Crippen molar-refractivity contribution in [2.24, 2.45) is 0 Å². The van der Waals surface area contributed by atoms with Crippen LogP contribution in [0.1, 0.15) is 12.8 Å². The third-order valence-electron chi connectivity index (χ3n) is 4.20. The molecule has 7 heteroatoms. The summed E-state index contributed by atoms with van der Waals surface area (Å²) >= 11 is 1.76. The van der Waals surface area contributed by atoms with Crippen molar-refractivity contribution in [3.8, 4) is 0 Å². The molecule has 1 aliphatic heterocycles. The van der Waals surface area contributed by atoms with E-state index in [2.05, 4.69) is 27.9 Å². The average Bonchev–Trinajstić information content (AvgIpc) is 3.15. The minimum Gasteiger partial charge on any atom is -0.353 e. The maximum atomic E-state index is 12.8. The Kier molecular flexibility index (Phi) is 7.15. The molecule has 1 fully saturated rings. The molecule has 2 heterocycles. The number of carbonyl (C=O) groups is 1. The lowest BCUT2D eigenvalue weighted by Crippen LogP contribution is -2.54. The highest BCUT2D eigenvalue weighted by Gasteiger charge is 2.41. The van der Waals surface area contributed by atoms with E-state index in [1.165, 1.54) is 4.90 Å². The van der Waals surface area contributed by atoms with Crippen LogP contribution in [-0.2, 0) is 10.3 Å². The van der Waals surface area contributed by atoms with E-state index < -0.39 is 5.54 Å². The Bertz CT molecular complexity index is 615. The Morgan fingerprint density at radius 3 is 2.67 bits per heavy atom. The van der Waals surface area contributed by atoms with Crippen LogP contribution in [0.5, 0.6) is 0 Å². The lowest BCUT2D eigenvalue weighted by atomic mass is 9.87. The first kappa shape index (κ1) is 18.8. The number of halogens is 1. The Morgan fingerprint density at radius 1 is 1.25 bits per heavy atom. The van der Waals surface area contributed by atoms with Crippen molar-refractivity contribution in [1.82, 2.24) is 20.4 Å². The summed E-state index contributed by atoms with van der Waals surface area (Å²) in [6.07, 6.45) is 5.17. The van der Waals surface area contributed by atoms with Crippen LogP contribution in [0.4, 0.5) is 0 Å². The number of piperidine rings is 1. The second kappa shape index (κ2) is 9.11. The third kappa shape index (κ3) is 4.32. The molecule has 0 bridgehead atoms. The van der Waals surface area contributed by atoms with Crippen LogP contribution < -0.4 is 10.6 Å². The SMILES string of the molecule is Cl.O=C(NCCSc1ccccc1)C1(n2cccn2)CCNCC1. The largest absolute Gasteiger partial charge is 0.353 e. The van der Waals surface area contributed by atoms with Gasteiger partial charge in [-0.15, -0.1) is 24.2 Å². The van der Waals surface area contributed by atoms with Gasteiger partial charge in [0.2, 0.25) is 5.91 Å². The van der Waals surface area contributed by atoms with Gasteiger partial charge in [-0.1, -0.05) is 18.2 Å². The fourth-order valence-electron chi connectivity index (χ4n) is 2.94. The number of thioether (sulfide) groups is 1. The fourth-order valence-corrected chi connectivity index (χ4v) is 3.73. The Balaban J connectivity index is 0.00000208. The quantitative estimate of drug-likeness (QED) is 0.608. The lowest BCUT2D eigenvalue weighted by molar-refractivity contribution is -0.131. The highest BCUT2D eigenvalue weighted by atomic mass is 35.5. The average molecular weight is 367 g/mol. The highest BCUT2D eigenvalue weighted by molar-refractivity contribution is 7.99. The molecule has 2 N–H and O–H groups in total. The predicted molar refractivity (Wildman–Crippen MR) is 99.7 cm³/mol. The number of nitrogens with zero attached hydrogens (tertiary/aromatic N) is 2. The topological polar surface area (TPSA) is 59.0 Å². The summed E-state index contributed by atoms with van der Waals surface area (Å²) in [5.41, 5.74) is -0.549. The molecular weight excluding hydrogens is 344 g/mol. The molecule has 1 aromatic carbocycles. The van der Waals surface area contributed by atoms with Gasteiger partial charge in [0.05, 0.1) is 0 Å². The summed E-state index contributed by atoms with van der Waals surface area (Å²) in [4.78, 5) is 14.0. The van der Waals surface area contributed by atoms with Crippen molar-refractivity contribution in [1.29, 1.82) is 0 Å². The van der Waals surface area contributed by atoms with Gasteiger partial charge in [-0.25, -0.2) is 0 Å². The molecule has 1 saturated heterocycles. The molecule has 1 amide bonds. The van der Waals surface area contributed by atoms with Gasteiger partial charge in [-0.2, -0.15) is 5.10 Å². The summed E-state index contributed by atoms with van der Waals surface area (Å²) in [5.74, 6) is 0.944. The summed E-state index contributed by atoms with van der Waals surface area (Å²) < 4.78 is 1.83. The van der Waals surface area contributed by atoms with E-state index in [0.717, 1.165) is 31.7 Å². The maximum absolute atomic E-state index is 12.8. The van der Waals surface area contributed by atoms with Crippen LogP contribution in [0, 0.1) is 0 Å². The van der Waals surface area contributed by atoms with Gasteiger partial charge in [0.15, 0.2) is 0 Å². The van der Waals surface area contributed by atoms with Crippen molar-refractivity contribution >= 4 is 30.1 Å². The van der Waals surface area contributed by atoms with Crippen LogP contribution >= 0.6 is 24.2 Å². The number of benzene rings is 1. The first-order valence-corrected chi connectivity index (χ1v) is 8.97. The first-order valence-electron chi connectivity index (χ1n) is 7.98. The van der Waals surface area contributed by atoms with Crippen molar-refractivity contribution < 1.29 is 4.79 Å². The zero-order valence-electron chi connectivity index (χ0n) is 13.5. The number of hydrogen-bond acceptors (Lipinski definition) is 4. The summed E-state index contributed by atoms with van der Waals surface area (Å²) in [6.45, 7) is 2.34. The normalized spacial score (nSPS) is 16.2. The van der Waals surface area contributed by atoms with Gasteiger partial charge < -0.3 is 10.6 Å². The molecule has 24 heavy (non-hydrogen) atoms. The molecule has 1 aliphatic rings. The molecule has 2 aromatic rings. The van der Waals surface area contributed by atoms with Crippen LogP contribution in [-0.4, -0.2) is 41.1 Å². The predicted octanol–water partition coefficient (Wildman–Crippen LogP) is 2.29. The molecular formula is C17H23ClN4OS. The molecule has 3 rings (SSSR count). The Morgan fingerprint density at radius 2 is 2.00 bits per heavy atom. The Hall–Kier alpha value is -1.50. The maximum Gasteiger partial charge on any atom is 0.248 e. The monoisotopic (exact) mass is 366 g/mol. The van der Waals surface area contributed by atoms with Crippen LogP contribution in [0.15, 0.2) is 53.7 Å². The summed E-state index contributed by atoms with van der Waals surface area (Å²) in [6, 6.07) is 12.1. The van der Waals surface area contributed by atoms with Gasteiger partial charge in [0, 0.05) is 29.6 Å². The molecule has 0 unspecified atom stereocenters. The van der Waals surface area contributed by atoms with Gasteiger partial charge in [0.25, 0.3) is 0 Å². The van der Waals surface area contributed by atoms with E-state index in [9.17, 15) is 4.79 Å². The lowest BCUT2D eigenvalue weighted by Gasteiger charge is -2.36. The fraction of sp³-hybridized carbons (Fsp3) is 0.412. The smallest absolute Gasteiger partial charge is 0.248 e. The van der Waals surface area contributed by atoms with E-state index in [-0.39, 0.29) is 18.3 Å². The molecule has 0 radical (unpaired) electrons.